The Hall–Kier alpha value is -1.99. The van der Waals surface area contributed by atoms with E-state index in [0.29, 0.717) is 5.56 Å². The predicted molar refractivity (Wildman–Crippen MR) is 67.3 cm³/mol. The summed E-state index contributed by atoms with van der Waals surface area (Å²) in [5, 5.41) is 19.4. The number of non-ortho nitro benzene ring substituents is 1. The highest BCUT2D eigenvalue weighted by molar-refractivity contribution is 5.73. The summed E-state index contributed by atoms with van der Waals surface area (Å²) in [7, 11) is 0. The molecular formula is C12H16N2O5. The molecule has 0 aliphatic rings. The van der Waals surface area contributed by atoms with Gasteiger partial charge < -0.3 is 5.11 Å². The van der Waals surface area contributed by atoms with Crippen LogP contribution in [0.15, 0.2) is 24.3 Å². The maximum atomic E-state index is 10.9. The monoisotopic (exact) mass is 268 g/mol. The highest BCUT2D eigenvalue weighted by atomic mass is 16.6. The van der Waals surface area contributed by atoms with Crippen molar-refractivity contribution < 1.29 is 19.7 Å². The van der Waals surface area contributed by atoms with Crippen molar-refractivity contribution in [2.45, 2.75) is 26.5 Å². The van der Waals surface area contributed by atoms with E-state index in [1.165, 1.54) is 12.1 Å². The zero-order valence-electron chi connectivity index (χ0n) is 10.7. The number of nitrogens with zero attached hydrogens (tertiary/aromatic N) is 1. The smallest absolute Gasteiger partial charge is 0.323 e. The first-order valence-corrected chi connectivity index (χ1v) is 5.75. The maximum absolute atomic E-state index is 10.9. The molecule has 0 bridgehead atoms. The highest BCUT2D eigenvalue weighted by Crippen LogP contribution is 2.12. The van der Waals surface area contributed by atoms with Gasteiger partial charge in [0, 0.05) is 12.1 Å². The Labute approximate surface area is 110 Å². The second-order valence-electron chi connectivity index (χ2n) is 4.39. The third-order valence-electron chi connectivity index (χ3n) is 2.53. The van der Waals surface area contributed by atoms with Gasteiger partial charge in [-0.1, -0.05) is 13.8 Å². The lowest BCUT2D eigenvalue weighted by molar-refractivity contribution is -0.384. The molecule has 7 nitrogen and oxygen atoms in total. The second kappa shape index (κ2) is 6.81. The van der Waals surface area contributed by atoms with Gasteiger partial charge in [-0.2, -0.15) is 5.48 Å². The molecule has 0 radical (unpaired) electrons. The Bertz CT molecular complexity index is 444. The third-order valence-corrected chi connectivity index (χ3v) is 2.53. The van der Waals surface area contributed by atoms with Crippen LogP contribution in [0.4, 0.5) is 5.69 Å². The van der Waals surface area contributed by atoms with Gasteiger partial charge in [0.25, 0.3) is 5.69 Å². The van der Waals surface area contributed by atoms with E-state index in [0.717, 1.165) is 0 Å². The number of carboxylic acids is 1. The molecule has 0 heterocycles. The number of nitro groups is 1. The SMILES string of the molecule is CC(C)C(NOCc1ccc([N+](=O)[O-])cc1)C(=O)O. The number of hydroxylamine groups is 1. The number of hydrogen-bond donors (Lipinski definition) is 2. The summed E-state index contributed by atoms with van der Waals surface area (Å²) in [6.07, 6.45) is 0. The number of carbonyl (C=O) groups is 1. The first-order valence-electron chi connectivity index (χ1n) is 5.75. The Morgan fingerprint density at radius 1 is 1.42 bits per heavy atom. The zero-order chi connectivity index (χ0) is 14.4. The van der Waals surface area contributed by atoms with Crippen molar-refractivity contribution in [1.29, 1.82) is 0 Å². The van der Waals surface area contributed by atoms with Crippen LogP contribution in [0.1, 0.15) is 19.4 Å². The summed E-state index contributed by atoms with van der Waals surface area (Å²) in [4.78, 5) is 26.0. The molecule has 104 valence electrons. The number of rotatable bonds is 7. The summed E-state index contributed by atoms with van der Waals surface area (Å²) in [6.45, 7) is 3.66. The van der Waals surface area contributed by atoms with E-state index in [1.54, 1.807) is 26.0 Å². The number of hydrogen-bond acceptors (Lipinski definition) is 5. The molecule has 1 rings (SSSR count). The first kappa shape index (κ1) is 15.1. The Morgan fingerprint density at radius 3 is 2.42 bits per heavy atom. The van der Waals surface area contributed by atoms with Gasteiger partial charge in [0.05, 0.1) is 11.5 Å². The fourth-order valence-corrected chi connectivity index (χ4v) is 1.40. The van der Waals surface area contributed by atoms with Crippen molar-refractivity contribution in [2.24, 2.45) is 5.92 Å². The average molecular weight is 268 g/mol. The van der Waals surface area contributed by atoms with Crippen molar-refractivity contribution in [1.82, 2.24) is 5.48 Å². The van der Waals surface area contributed by atoms with Crippen molar-refractivity contribution in [3.05, 3.63) is 39.9 Å². The molecule has 1 atom stereocenters. The van der Waals surface area contributed by atoms with Crippen LogP contribution in [-0.4, -0.2) is 22.0 Å². The van der Waals surface area contributed by atoms with Crippen molar-refractivity contribution >= 4 is 11.7 Å². The molecule has 1 aromatic rings. The number of aliphatic carboxylic acids is 1. The van der Waals surface area contributed by atoms with Crippen molar-refractivity contribution in [3.63, 3.8) is 0 Å². The van der Waals surface area contributed by atoms with Gasteiger partial charge in [0.2, 0.25) is 0 Å². The van der Waals surface area contributed by atoms with Gasteiger partial charge in [0.1, 0.15) is 6.04 Å². The van der Waals surface area contributed by atoms with Crippen LogP contribution < -0.4 is 5.48 Å². The quantitative estimate of drug-likeness (QED) is 0.576. The summed E-state index contributed by atoms with van der Waals surface area (Å²) < 4.78 is 0. The Balaban J connectivity index is 2.48. The average Bonchev–Trinajstić information content (AvgIpc) is 2.34. The Morgan fingerprint density at radius 2 is 2.00 bits per heavy atom. The van der Waals surface area contributed by atoms with E-state index < -0.39 is 16.9 Å². The topological polar surface area (TPSA) is 102 Å². The molecule has 1 unspecified atom stereocenters. The van der Waals surface area contributed by atoms with Gasteiger partial charge >= 0.3 is 5.97 Å². The first-order chi connectivity index (χ1) is 8.91. The lowest BCUT2D eigenvalue weighted by Gasteiger charge is -2.17. The van der Waals surface area contributed by atoms with Crippen LogP contribution in [0.2, 0.25) is 0 Å². The van der Waals surface area contributed by atoms with Crippen LogP contribution >= 0.6 is 0 Å². The minimum atomic E-state index is -0.987. The number of nitro benzene ring substituents is 1. The predicted octanol–water partition coefficient (Wildman–Crippen LogP) is 1.73. The normalized spacial score (nSPS) is 12.4. The van der Waals surface area contributed by atoms with E-state index in [9.17, 15) is 14.9 Å². The van der Waals surface area contributed by atoms with Gasteiger partial charge in [-0.15, -0.1) is 0 Å². The summed E-state index contributed by atoms with van der Waals surface area (Å²) >= 11 is 0. The van der Waals surface area contributed by atoms with Crippen molar-refractivity contribution in [2.75, 3.05) is 0 Å². The van der Waals surface area contributed by atoms with E-state index >= 15 is 0 Å². The van der Waals surface area contributed by atoms with Crippen LogP contribution in [0, 0.1) is 16.0 Å². The summed E-state index contributed by atoms with van der Waals surface area (Å²) in [5.41, 5.74) is 3.19. The Kier molecular flexibility index (Phi) is 5.40. The van der Waals surface area contributed by atoms with Gasteiger partial charge in [0.15, 0.2) is 0 Å². The van der Waals surface area contributed by atoms with Crippen LogP contribution in [0.25, 0.3) is 0 Å². The minimum Gasteiger partial charge on any atom is -0.480 e. The molecule has 0 aromatic heterocycles. The zero-order valence-corrected chi connectivity index (χ0v) is 10.7. The highest BCUT2D eigenvalue weighted by Gasteiger charge is 2.21. The number of carboxylic acid groups (broad SMARTS) is 1. The van der Waals surface area contributed by atoms with E-state index in [1.807, 2.05) is 0 Å². The minimum absolute atomic E-state index is 0.00213. The largest absolute Gasteiger partial charge is 0.480 e. The summed E-state index contributed by atoms with van der Waals surface area (Å²) in [5.74, 6) is -1.10. The van der Waals surface area contributed by atoms with Crippen molar-refractivity contribution in [3.8, 4) is 0 Å². The number of benzene rings is 1. The van der Waals surface area contributed by atoms with Gasteiger partial charge in [-0.3, -0.25) is 19.7 Å². The van der Waals surface area contributed by atoms with Gasteiger partial charge in [-0.05, 0) is 23.6 Å². The molecule has 2 N–H and O–H groups in total. The lowest BCUT2D eigenvalue weighted by Crippen LogP contribution is -2.40. The molecule has 0 fully saturated rings. The molecule has 0 saturated carbocycles. The van der Waals surface area contributed by atoms with Crippen LogP contribution in [-0.2, 0) is 16.2 Å². The molecule has 0 saturated heterocycles. The lowest BCUT2D eigenvalue weighted by atomic mass is 10.1. The molecule has 0 aliphatic carbocycles. The summed E-state index contributed by atoms with van der Waals surface area (Å²) in [6, 6.07) is 5.07. The molecule has 19 heavy (non-hydrogen) atoms. The van der Waals surface area contributed by atoms with E-state index in [2.05, 4.69) is 5.48 Å². The van der Waals surface area contributed by atoms with Crippen LogP contribution in [0.3, 0.4) is 0 Å². The van der Waals surface area contributed by atoms with Crippen LogP contribution in [0.5, 0.6) is 0 Å². The molecule has 0 amide bonds. The fourth-order valence-electron chi connectivity index (χ4n) is 1.40. The van der Waals surface area contributed by atoms with E-state index in [4.69, 9.17) is 9.94 Å². The molecule has 1 aromatic carbocycles. The van der Waals surface area contributed by atoms with E-state index in [-0.39, 0.29) is 18.2 Å². The third kappa shape index (κ3) is 4.65. The van der Waals surface area contributed by atoms with Gasteiger partial charge in [-0.25, -0.2) is 0 Å². The maximum Gasteiger partial charge on any atom is 0.323 e. The second-order valence-corrected chi connectivity index (χ2v) is 4.39. The molecule has 7 heteroatoms. The number of nitrogens with one attached hydrogen (secondary N) is 1. The molecule has 0 aliphatic heterocycles. The molecular weight excluding hydrogens is 252 g/mol. The fraction of sp³-hybridized carbons (Fsp3) is 0.417. The standard InChI is InChI=1S/C12H16N2O5/c1-8(2)11(12(15)16)13-19-7-9-3-5-10(6-4-9)14(17)18/h3-6,8,11,13H,7H2,1-2H3,(H,15,16). The molecule has 0 spiro atoms.